The van der Waals surface area contributed by atoms with Gasteiger partial charge >= 0.3 is 5.97 Å². The van der Waals surface area contributed by atoms with Crippen LogP contribution in [0.2, 0.25) is 0 Å². The second-order valence-corrected chi connectivity index (χ2v) is 9.87. The zero-order chi connectivity index (χ0) is 21.3. The number of amides is 2. The molecule has 7 nitrogen and oxygen atoms in total. The van der Waals surface area contributed by atoms with Crippen LogP contribution in [0.25, 0.3) is 0 Å². The number of β-lactam (4-membered cyclic amide) rings is 1. The number of carbonyl (C=O) groups is 3. The molecule has 0 bridgehead atoms. The van der Waals surface area contributed by atoms with Crippen molar-refractivity contribution in [2.24, 2.45) is 5.41 Å². The van der Waals surface area contributed by atoms with Crippen molar-refractivity contribution < 1.29 is 24.2 Å². The largest absolute Gasteiger partial charge is 0.480 e. The first kappa shape index (κ1) is 21.7. The van der Waals surface area contributed by atoms with Crippen LogP contribution in [0.3, 0.4) is 0 Å². The Labute approximate surface area is 182 Å². The standard InChI is InChI=1S/C20H23BrN2O5S/c1-20(2,3)17(28-12-6-4-5-11(7-12)10-21)18(25)22-14-8-13(19(26)27)23-15(24)9-16(23)29-14/h4-8,14,16-17H,9-10H2,1-3H3,(H,22,25)(H,26,27)/t14?,16-,17?/m1/s1. The maximum Gasteiger partial charge on any atom is 0.352 e. The fourth-order valence-corrected chi connectivity index (χ4v) is 4.82. The van der Waals surface area contributed by atoms with Crippen molar-refractivity contribution in [1.82, 2.24) is 10.2 Å². The molecule has 3 rings (SSSR count). The molecule has 3 atom stereocenters. The first-order chi connectivity index (χ1) is 13.6. The lowest BCUT2D eigenvalue weighted by molar-refractivity contribution is -0.146. The van der Waals surface area contributed by atoms with Crippen LogP contribution < -0.4 is 10.1 Å². The second-order valence-electron chi connectivity index (χ2n) is 7.99. The number of hydrogen-bond acceptors (Lipinski definition) is 5. The van der Waals surface area contributed by atoms with E-state index in [9.17, 15) is 19.5 Å². The molecule has 0 radical (unpaired) electrons. The number of carboxylic acids is 1. The first-order valence-corrected chi connectivity index (χ1v) is 11.2. The molecule has 2 N–H and O–H groups in total. The van der Waals surface area contributed by atoms with E-state index < -0.39 is 22.9 Å². The molecule has 2 heterocycles. The van der Waals surface area contributed by atoms with E-state index >= 15 is 0 Å². The van der Waals surface area contributed by atoms with E-state index in [4.69, 9.17) is 4.74 Å². The minimum Gasteiger partial charge on any atom is -0.480 e. The Morgan fingerprint density at radius 2 is 2.14 bits per heavy atom. The molecular weight excluding hydrogens is 460 g/mol. The van der Waals surface area contributed by atoms with E-state index in [1.54, 1.807) is 6.07 Å². The van der Waals surface area contributed by atoms with Gasteiger partial charge < -0.3 is 15.2 Å². The number of carbonyl (C=O) groups excluding carboxylic acids is 2. The van der Waals surface area contributed by atoms with Gasteiger partial charge in [0.15, 0.2) is 6.10 Å². The highest BCUT2D eigenvalue weighted by atomic mass is 79.9. The van der Waals surface area contributed by atoms with Crippen molar-refractivity contribution in [3.63, 3.8) is 0 Å². The number of thioether (sulfide) groups is 1. The van der Waals surface area contributed by atoms with Gasteiger partial charge in [-0.1, -0.05) is 48.8 Å². The van der Waals surface area contributed by atoms with Crippen LogP contribution >= 0.6 is 27.7 Å². The summed E-state index contributed by atoms with van der Waals surface area (Å²) < 4.78 is 6.03. The van der Waals surface area contributed by atoms with E-state index in [0.29, 0.717) is 11.1 Å². The fourth-order valence-electron chi connectivity index (χ4n) is 3.15. The molecule has 156 valence electrons. The van der Waals surface area contributed by atoms with Gasteiger partial charge in [-0.05, 0) is 23.8 Å². The summed E-state index contributed by atoms with van der Waals surface area (Å²) in [6.45, 7) is 5.72. The molecule has 0 saturated carbocycles. The number of benzene rings is 1. The Morgan fingerprint density at radius 3 is 2.72 bits per heavy atom. The maximum absolute atomic E-state index is 13.0. The zero-order valence-electron chi connectivity index (χ0n) is 16.3. The topological polar surface area (TPSA) is 95.9 Å². The van der Waals surface area contributed by atoms with Crippen LogP contribution in [0.15, 0.2) is 36.0 Å². The van der Waals surface area contributed by atoms with Crippen molar-refractivity contribution in [3.05, 3.63) is 41.6 Å². The first-order valence-electron chi connectivity index (χ1n) is 9.14. The Morgan fingerprint density at radius 1 is 1.41 bits per heavy atom. The van der Waals surface area contributed by atoms with Crippen molar-refractivity contribution in [1.29, 1.82) is 0 Å². The SMILES string of the molecule is CC(C)(C)C(Oc1cccc(CBr)c1)C(=O)NC1C=C(C(=O)O)N2C(=O)C[C@H]2S1. The highest BCUT2D eigenvalue weighted by Gasteiger charge is 2.46. The number of alkyl halides is 1. The van der Waals surface area contributed by atoms with Crippen molar-refractivity contribution in [2.75, 3.05) is 0 Å². The molecule has 1 saturated heterocycles. The lowest BCUT2D eigenvalue weighted by atomic mass is 9.88. The van der Waals surface area contributed by atoms with Crippen molar-refractivity contribution >= 4 is 45.5 Å². The summed E-state index contributed by atoms with van der Waals surface area (Å²) >= 11 is 4.76. The summed E-state index contributed by atoms with van der Waals surface area (Å²) in [7, 11) is 0. The molecule has 0 spiro atoms. The minimum atomic E-state index is -1.18. The molecule has 2 amide bonds. The number of hydrogen-bond donors (Lipinski definition) is 2. The van der Waals surface area contributed by atoms with Gasteiger partial charge in [-0.25, -0.2) is 4.79 Å². The normalized spacial score (nSPS) is 22.1. The lowest BCUT2D eigenvalue weighted by Crippen LogP contribution is -2.57. The van der Waals surface area contributed by atoms with E-state index in [1.807, 2.05) is 39.0 Å². The van der Waals surface area contributed by atoms with Gasteiger partial charge in [0.25, 0.3) is 5.91 Å². The number of nitrogens with one attached hydrogen (secondary N) is 1. The quantitative estimate of drug-likeness (QED) is 0.477. The monoisotopic (exact) mass is 482 g/mol. The van der Waals surface area contributed by atoms with Gasteiger partial charge in [-0.15, -0.1) is 11.8 Å². The van der Waals surface area contributed by atoms with Gasteiger partial charge in [0.1, 0.15) is 11.4 Å². The van der Waals surface area contributed by atoms with Crippen molar-refractivity contribution in [3.8, 4) is 5.75 Å². The molecule has 1 aromatic rings. The van der Waals surface area contributed by atoms with Gasteiger partial charge in [-0.2, -0.15) is 0 Å². The summed E-state index contributed by atoms with van der Waals surface area (Å²) in [5.41, 5.74) is 0.446. The van der Waals surface area contributed by atoms with Gasteiger partial charge in [0.2, 0.25) is 5.91 Å². The molecule has 2 aliphatic rings. The molecule has 1 aromatic carbocycles. The average molecular weight is 483 g/mol. The predicted octanol–water partition coefficient (Wildman–Crippen LogP) is 3.09. The van der Waals surface area contributed by atoms with E-state index in [0.717, 1.165) is 5.56 Å². The van der Waals surface area contributed by atoms with Crippen molar-refractivity contribution in [2.45, 2.75) is 49.4 Å². The molecule has 2 unspecified atom stereocenters. The number of carboxylic acid groups (broad SMARTS) is 1. The number of halogens is 1. The Balaban J connectivity index is 1.77. The Hall–Kier alpha value is -2.00. The van der Waals surface area contributed by atoms with Crippen LogP contribution in [0, 0.1) is 5.41 Å². The number of aliphatic carboxylic acids is 1. The number of fused-ring (bicyclic) bond motifs is 1. The minimum absolute atomic E-state index is 0.0893. The maximum atomic E-state index is 13.0. The van der Waals surface area contributed by atoms with E-state index in [-0.39, 0.29) is 29.3 Å². The van der Waals surface area contributed by atoms with Gasteiger partial charge in [0.05, 0.1) is 17.2 Å². The van der Waals surface area contributed by atoms with Crippen LogP contribution in [0.1, 0.15) is 32.8 Å². The molecule has 29 heavy (non-hydrogen) atoms. The summed E-state index contributed by atoms with van der Waals surface area (Å²) in [6.07, 6.45) is 0.889. The van der Waals surface area contributed by atoms with Gasteiger partial charge in [0, 0.05) is 10.7 Å². The van der Waals surface area contributed by atoms with Crippen LogP contribution in [0.5, 0.6) is 5.75 Å². The van der Waals surface area contributed by atoms with E-state index in [2.05, 4.69) is 21.2 Å². The van der Waals surface area contributed by atoms with Crippen LogP contribution in [0.4, 0.5) is 0 Å². The molecule has 1 fully saturated rings. The third-order valence-corrected chi connectivity index (χ3v) is 6.50. The van der Waals surface area contributed by atoms with Crippen LogP contribution in [-0.4, -0.2) is 44.6 Å². The Bertz CT molecular complexity index is 867. The smallest absolute Gasteiger partial charge is 0.352 e. The third kappa shape index (κ3) is 4.78. The zero-order valence-corrected chi connectivity index (χ0v) is 18.7. The molecule has 9 heteroatoms. The highest BCUT2D eigenvalue weighted by molar-refractivity contribution is 9.08. The summed E-state index contributed by atoms with van der Waals surface area (Å²) in [5.74, 6) is -1.15. The predicted molar refractivity (Wildman–Crippen MR) is 113 cm³/mol. The number of nitrogens with zero attached hydrogens (tertiary/aromatic N) is 1. The number of rotatable bonds is 6. The van der Waals surface area contributed by atoms with Gasteiger partial charge in [-0.3, -0.25) is 14.5 Å². The second kappa shape index (κ2) is 8.39. The summed E-state index contributed by atoms with van der Waals surface area (Å²) in [5, 5.41) is 12.1. The molecule has 2 aliphatic heterocycles. The molecular formula is C20H23BrN2O5S. The highest BCUT2D eigenvalue weighted by Crippen LogP contribution is 2.40. The fraction of sp³-hybridized carbons (Fsp3) is 0.450. The van der Waals surface area contributed by atoms with Crippen LogP contribution in [-0.2, 0) is 19.7 Å². The molecule has 0 aliphatic carbocycles. The number of ether oxygens (including phenoxy) is 1. The lowest BCUT2D eigenvalue weighted by Gasteiger charge is -2.44. The Kier molecular flexibility index (Phi) is 6.28. The van der Waals surface area contributed by atoms with E-state index in [1.165, 1.54) is 22.7 Å². The third-order valence-electron chi connectivity index (χ3n) is 4.61. The summed E-state index contributed by atoms with van der Waals surface area (Å²) in [6, 6.07) is 7.49. The summed E-state index contributed by atoms with van der Waals surface area (Å²) in [4.78, 5) is 37.5. The average Bonchev–Trinajstić information content (AvgIpc) is 2.63. The molecule has 0 aromatic heterocycles.